The van der Waals surface area contributed by atoms with E-state index in [1.54, 1.807) is 6.33 Å². The Morgan fingerprint density at radius 3 is 2.48 bits per heavy atom. The number of aryl methyl sites for hydroxylation is 1. The Balaban J connectivity index is 1.87. The molecule has 1 fully saturated rings. The molecule has 2 aromatic rings. The second-order valence-corrected chi connectivity index (χ2v) is 6.17. The third kappa shape index (κ3) is 3.50. The van der Waals surface area contributed by atoms with E-state index in [-0.39, 0.29) is 5.84 Å². The highest BCUT2D eigenvalue weighted by atomic mass is 15.0. The van der Waals surface area contributed by atoms with Crippen molar-refractivity contribution in [1.82, 2.24) is 9.97 Å². The lowest BCUT2D eigenvalue weighted by Crippen LogP contribution is -2.12. The van der Waals surface area contributed by atoms with Crippen molar-refractivity contribution in [1.29, 1.82) is 5.41 Å². The van der Waals surface area contributed by atoms with Gasteiger partial charge in [-0.25, -0.2) is 9.97 Å². The molecule has 1 heterocycles. The van der Waals surface area contributed by atoms with Gasteiger partial charge in [-0.15, -0.1) is 0 Å². The van der Waals surface area contributed by atoms with Gasteiger partial charge in [-0.3, -0.25) is 5.41 Å². The lowest BCUT2D eigenvalue weighted by atomic mass is 9.83. The number of benzene rings is 1. The van der Waals surface area contributed by atoms with E-state index in [2.05, 4.69) is 22.2 Å². The second-order valence-electron chi connectivity index (χ2n) is 6.17. The minimum Gasteiger partial charge on any atom is -0.384 e. The second kappa shape index (κ2) is 6.77. The van der Waals surface area contributed by atoms with Crippen LogP contribution in [0.2, 0.25) is 0 Å². The third-order valence-corrected chi connectivity index (χ3v) is 4.56. The van der Waals surface area contributed by atoms with Crippen LogP contribution in [0.1, 0.15) is 54.8 Å². The number of anilines is 2. The molecule has 0 atom stereocenters. The van der Waals surface area contributed by atoms with Crippen molar-refractivity contribution in [2.24, 2.45) is 5.73 Å². The molecule has 4 N–H and O–H groups in total. The van der Waals surface area contributed by atoms with Crippen LogP contribution in [0.3, 0.4) is 0 Å². The fourth-order valence-corrected chi connectivity index (χ4v) is 3.33. The molecule has 1 aliphatic carbocycles. The molecular formula is C18H23N5. The van der Waals surface area contributed by atoms with Crippen molar-refractivity contribution in [2.45, 2.75) is 44.9 Å². The summed E-state index contributed by atoms with van der Waals surface area (Å²) in [7, 11) is 0. The van der Waals surface area contributed by atoms with E-state index >= 15 is 0 Å². The van der Waals surface area contributed by atoms with Crippen LogP contribution in [0.5, 0.6) is 0 Å². The van der Waals surface area contributed by atoms with Crippen LogP contribution < -0.4 is 11.1 Å². The van der Waals surface area contributed by atoms with Crippen molar-refractivity contribution in [3.63, 3.8) is 0 Å². The number of nitrogens with one attached hydrogen (secondary N) is 2. The highest BCUT2D eigenvalue weighted by molar-refractivity contribution is 5.95. The van der Waals surface area contributed by atoms with Gasteiger partial charge in [0, 0.05) is 22.5 Å². The number of nitrogens with two attached hydrogens (primary N) is 1. The van der Waals surface area contributed by atoms with Gasteiger partial charge in [0.25, 0.3) is 0 Å². The highest BCUT2D eigenvalue weighted by Gasteiger charge is 2.22. The summed E-state index contributed by atoms with van der Waals surface area (Å²) in [6.45, 7) is 2.07. The van der Waals surface area contributed by atoms with Gasteiger partial charge in [-0.05, 0) is 49.9 Å². The van der Waals surface area contributed by atoms with E-state index in [1.165, 1.54) is 37.7 Å². The molecule has 1 aromatic carbocycles. The lowest BCUT2D eigenvalue weighted by molar-refractivity contribution is 0.441. The molecule has 0 unspecified atom stereocenters. The SMILES string of the molecule is Cc1ncnc(Nc2ccc(C(=N)N)cc2)c1C1CCCCC1. The molecule has 120 valence electrons. The van der Waals surface area contributed by atoms with Gasteiger partial charge in [0.05, 0.1) is 0 Å². The van der Waals surface area contributed by atoms with Crippen molar-refractivity contribution in [2.75, 3.05) is 5.32 Å². The van der Waals surface area contributed by atoms with Crippen LogP contribution in [-0.4, -0.2) is 15.8 Å². The predicted molar refractivity (Wildman–Crippen MR) is 93.3 cm³/mol. The average molecular weight is 309 g/mol. The number of rotatable bonds is 4. The first-order valence-corrected chi connectivity index (χ1v) is 8.18. The summed E-state index contributed by atoms with van der Waals surface area (Å²) in [5, 5.41) is 10.9. The smallest absolute Gasteiger partial charge is 0.137 e. The Bertz CT molecular complexity index is 687. The monoisotopic (exact) mass is 309 g/mol. The summed E-state index contributed by atoms with van der Waals surface area (Å²) < 4.78 is 0. The van der Waals surface area contributed by atoms with Crippen LogP contribution in [0.25, 0.3) is 0 Å². The molecule has 0 bridgehead atoms. The average Bonchev–Trinajstić information content (AvgIpc) is 2.56. The van der Waals surface area contributed by atoms with Crippen molar-refractivity contribution >= 4 is 17.3 Å². The quantitative estimate of drug-likeness (QED) is 0.591. The van der Waals surface area contributed by atoms with Gasteiger partial charge in [-0.1, -0.05) is 19.3 Å². The Morgan fingerprint density at radius 2 is 1.83 bits per heavy atom. The van der Waals surface area contributed by atoms with E-state index in [1.807, 2.05) is 24.3 Å². The maximum absolute atomic E-state index is 7.46. The summed E-state index contributed by atoms with van der Waals surface area (Å²) in [6, 6.07) is 7.55. The molecule has 1 saturated carbocycles. The van der Waals surface area contributed by atoms with Crippen molar-refractivity contribution in [3.05, 3.63) is 47.4 Å². The lowest BCUT2D eigenvalue weighted by Gasteiger charge is -2.25. The Labute approximate surface area is 136 Å². The first-order valence-electron chi connectivity index (χ1n) is 8.18. The Kier molecular flexibility index (Phi) is 4.55. The number of amidine groups is 1. The van der Waals surface area contributed by atoms with E-state index < -0.39 is 0 Å². The van der Waals surface area contributed by atoms with Crippen LogP contribution >= 0.6 is 0 Å². The van der Waals surface area contributed by atoms with Gasteiger partial charge < -0.3 is 11.1 Å². The summed E-state index contributed by atoms with van der Waals surface area (Å²) in [5.74, 6) is 1.53. The number of hydrogen-bond acceptors (Lipinski definition) is 4. The normalized spacial score (nSPS) is 15.3. The molecule has 5 heteroatoms. The molecule has 0 spiro atoms. The molecule has 0 aliphatic heterocycles. The number of hydrogen-bond donors (Lipinski definition) is 3. The van der Waals surface area contributed by atoms with Crippen LogP contribution in [-0.2, 0) is 0 Å². The zero-order valence-electron chi connectivity index (χ0n) is 13.5. The van der Waals surface area contributed by atoms with Gasteiger partial charge in [-0.2, -0.15) is 0 Å². The highest BCUT2D eigenvalue weighted by Crippen LogP contribution is 2.37. The van der Waals surface area contributed by atoms with Gasteiger partial charge in [0.2, 0.25) is 0 Å². The Morgan fingerprint density at radius 1 is 1.13 bits per heavy atom. The molecule has 1 aliphatic rings. The van der Waals surface area contributed by atoms with Gasteiger partial charge in [0.15, 0.2) is 0 Å². The van der Waals surface area contributed by atoms with Crippen LogP contribution in [0.4, 0.5) is 11.5 Å². The topological polar surface area (TPSA) is 87.7 Å². The summed E-state index contributed by atoms with van der Waals surface area (Å²) in [4.78, 5) is 8.88. The van der Waals surface area contributed by atoms with E-state index in [4.69, 9.17) is 11.1 Å². The summed E-state index contributed by atoms with van der Waals surface area (Å²) in [6.07, 6.45) is 7.95. The first-order chi connectivity index (χ1) is 11.1. The van der Waals surface area contributed by atoms with Gasteiger partial charge in [0.1, 0.15) is 18.0 Å². The summed E-state index contributed by atoms with van der Waals surface area (Å²) >= 11 is 0. The van der Waals surface area contributed by atoms with Crippen molar-refractivity contribution in [3.8, 4) is 0 Å². The van der Waals surface area contributed by atoms with E-state index in [0.29, 0.717) is 5.92 Å². The Hall–Kier alpha value is -2.43. The summed E-state index contributed by atoms with van der Waals surface area (Å²) in [5.41, 5.74) is 9.49. The van der Waals surface area contributed by atoms with Gasteiger partial charge >= 0.3 is 0 Å². The third-order valence-electron chi connectivity index (χ3n) is 4.56. The molecule has 1 aromatic heterocycles. The first kappa shape index (κ1) is 15.5. The molecule has 0 amide bonds. The molecule has 0 radical (unpaired) electrons. The number of nitrogen functional groups attached to an aromatic ring is 1. The fourth-order valence-electron chi connectivity index (χ4n) is 3.33. The number of nitrogens with zero attached hydrogens (tertiary/aromatic N) is 2. The predicted octanol–water partition coefficient (Wildman–Crippen LogP) is 3.86. The maximum Gasteiger partial charge on any atom is 0.137 e. The molecular weight excluding hydrogens is 286 g/mol. The van der Waals surface area contributed by atoms with E-state index in [9.17, 15) is 0 Å². The molecule has 3 rings (SSSR count). The van der Waals surface area contributed by atoms with E-state index in [0.717, 1.165) is 22.8 Å². The molecule has 23 heavy (non-hydrogen) atoms. The molecule has 0 saturated heterocycles. The number of aromatic nitrogens is 2. The van der Waals surface area contributed by atoms with Crippen molar-refractivity contribution < 1.29 is 0 Å². The molecule has 5 nitrogen and oxygen atoms in total. The fraction of sp³-hybridized carbons (Fsp3) is 0.389. The maximum atomic E-state index is 7.46. The minimum absolute atomic E-state index is 0.0809. The largest absolute Gasteiger partial charge is 0.384 e. The van der Waals surface area contributed by atoms with Crippen LogP contribution in [0.15, 0.2) is 30.6 Å². The standard InChI is InChI=1S/C18H23N5/c1-12-16(13-5-3-2-4-6-13)18(22-11-21-12)23-15-9-7-14(8-10-15)17(19)20/h7-11,13H,2-6H2,1H3,(H3,19,20)(H,21,22,23). The zero-order chi connectivity index (χ0) is 16.2. The minimum atomic E-state index is 0.0809. The zero-order valence-corrected chi connectivity index (χ0v) is 13.5. The van der Waals surface area contributed by atoms with Crippen LogP contribution in [0, 0.1) is 12.3 Å².